The van der Waals surface area contributed by atoms with E-state index in [2.05, 4.69) is 0 Å². The van der Waals surface area contributed by atoms with E-state index >= 15 is 0 Å². The summed E-state index contributed by atoms with van der Waals surface area (Å²) in [5.74, 6) is -0.406. The summed E-state index contributed by atoms with van der Waals surface area (Å²) in [5.41, 5.74) is 0.472. The lowest BCUT2D eigenvalue weighted by Gasteiger charge is -2.18. The Labute approximate surface area is 100.0 Å². The zero-order valence-corrected chi connectivity index (χ0v) is 10.2. The van der Waals surface area contributed by atoms with Crippen LogP contribution in [-0.4, -0.2) is 24.9 Å². The van der Waals surface area contributed by atoms with E-state index in [1.165, 1.54) is 6.07 Å². The van der Waals surface area contributed by atoms with Gasteiger partial charge in [-0.1, -0.05) is 24.6 Å². The molecule has 0 saturated heterocycles. The molecule has 0 amide bonds. The Balaban J connectivity index is 2.65. The van der Waals surface area contributed by atoms with Gasteiger partial charge in [0.2, 0.25) is 0 Å². The molecule has 4 heteroatoms. The van der Waals surface area contributed by atoms with E-state index in [0.29, 0.717) is 17.2 Å². The molecular weight excluding hydrogens is 231 g/mol. The minimum absolute atomic E-state index is 0.0277. The molecule has 1 aromatic rings. The molecule has 2 unspecified atom stereocenters. The van der Waals surface area contributed by atoms with Crippen molar-refractivity contribution in [3.8, 4) is 0 Å². The van der Waals surface area contributed by atoms with Crippen molar-refractivity contribution in [1.29, 1.82) is 0 Å². The highest BCUT2D eigenvalue weighted by atomic mass is 35.5. The molecule has 0 bridgehead atoms. The lowest BCUT2D eigenvalue weighted by atomic mass is 9.98. The molecule has 16 heavy (non-hydrogen) atoms. The lowest BCUT2D eigenvalue weighted by molar-refractivity contribution is 0.0570. The molecule has 0 radical (unpaired) electrons. The minimum Gasteiger partial charge on any atom is -0.392 e. The number of aliphatic hydroxyl groups is 1. The number of benzene rings is 1. The van der Waals surface area contributed by atoms with Crippen LogP contribution in [0.1, 0.15) is 12.5 Å². The maximum absolute atomic E-state index is 13.4. The monoisotopic (exact) mass is 246 g/mol. The highest BCUT2D eigenvalue weighted by Gasteiger charge is 2.16. The number of halogens is 2. The summed E-state index contributed by atoms with van der Waals surface area (Å²) in [7, 11) is 1.58. The number of methoxy groups -OCH3 is 1. The molecule has 1 rings (SSSR count). The third kappa shape index (κ3) is 3.74. The second-order valence-electron chi connectivity index (χ2n) is 3.94. The first-order chi connectivity index (χ1) is 7.54. The average molecular weight is 247 g/mol. The van der Waals surface area contributed by atoms with Gasteiger partial charge in [0.15, 0.2) is 0 Å². The van der Waals surface area contributed by atoms with Crippen LogP contribution in [0.25, 0.3) is 0 Å². The van der Waals surface area contributed by atoms with E-state index in [1.54, 1.807) is 19.2 Å². The Bertz CT molecular complexity index is 344. The summed E-state index contributed by atoms with van der Waals surface area (Å²) >= 11 is 5.64. The predicted molar refractivity (Wildman–Crippen MR) is 62.2 cm³/mol. The molecule has 0 heterocycles. The molecule has 2 atom stereocenters. The van der Waals surface area contributed by atoms with E-state index < -0.39 is 6.10 Å². The van der Waals surface area contributed by atoms with Crippen LogP contribution in [0, 0.1) is 11.7 Å². The normalized spacial score (nSPS) is 14.8. The van der Waals surface area contributed by atoms with Crippen molar-refractivity contribution in [2.45, 2.75) is 19.4 Å². The van der Waals surface area contributed by atoms with Crippen molar-refractivity contribution in [1.82, 2.24) is 0 Å². The topological polar surface area (TPSA) is 29.5 Å². The Morgan fingerprint density at radius 2 is 2.19 bits per heavy atom. The largest absolute Gasteiger partial charge is 0.392 e. The third-order valence-corrected chi connectivity index (χ3v) is 2.77. The van der Waals surface area contributed by atoms with E-state index in [9.17, 15) is 9.50 Å². The highest BCUT2D eigenvalue weighted by molar-refractivity contribution is 6.30. The van der Waals surface area contributed by atoms with Gasteiger partial charge in [0, 0.05) is 24.5 Å². The van der Waals surface area contributed by atoms with Crippen LogP contribution in [0.4, 0.5) is 4.39 Å². The van der Waals surface area contributed by atoms with Crippen molar-refractivity contribution in [2.75, 3.05) is 13.7 Å². The summed E-state index contributed by atoms with van der Waals surface area (Å²) < 4.78 is 18.4. The second kappa shape index (κ2) is 6.18. The number of aliphatic hydroxyl groups excluding tert-OH is 1. The van der Waals surface area contributed by atoms with Gasteiger partial charge in [0.05, 0.1) is 12.7 Å². The van der Waals surface area contributed by atoms with Gasteiger partial charge < -0.3 is 9.84 Å². The van der Waals surface area contributed by atoms with Crippen molar-refractivity contribution in [3.63, 3.8) is 0 Å². The summed E-state index contributed by atoms with van der Waals surface area (Å²) in [5, 5.41) is 10.2. The highest BCUT2D eigenvalue weighted by Crippen LogP contribution is 2.18. The number of ether oxygens (including phenoxy) is 1. The van der Waals surface area contributed by atoms with Crippen molar-refractivity contribution >= 4 is 11.6 Å². The first-order valence-electron chi connectivity index (χ1n) is 5.15. The standard InChI is InChI=1S/C12H16ClFO2/c1-8(7-16-2)12(15)5-9-3-4-10(13)6-11(9)14/h3-4,6,8,12,15H,5,7H2,1-2H3. The molecule has 1 N–H and O–H groups in total. The fraction of sp³-hybridized carbons (Fsp3) is 0.500. The van der Waals surface area contributed by atoms with E-state index in [0.717, 1.165) is 0 Å². The van der Waals surface area contributed by atoms with E-state index in [-0.39, 0.29) is 18.2 Å². The average Bonchev–Trinajstić information content (AvgIpc) is 2.22. The second-order valence-corrected chi connectivity index (χ2v) is 4.38. The van der Waals surface area contributed by atoms with Gasteiger partial charge in [-0.25, -0.2) is 4.39 Å². The fourth-order valence-electron chi connectivity index (χ4n) is 1.49. The molecule has 0 saturated carbocycles. The van der Waals surface area contributed by atoms with Gasteiger partial charge in [-0.05, 0) is 17.7 Å². The summed E-state index contributed by atoms with van der Waals surface area (Å²) in [6, 6.07) is 4.47. The van der Waals surface area contributed by atoms with Gasteiger partial charge in [0.25, 0.3) is 0 Å². The first kappa shape index (κ1) is 13.4. The van der Waals surface area contributed by atoms with Crippen LogP contribution in [-0.2, 0) is 11.2 Å². The van der Waals surface area contributed by atoms with Crippen LogP contribution in [0.15, 0.2) is 18.2 Å². The Morgan fingerprint density at radius 1 is 1.50 bits per heavy atom. The van der Waals surface area contributed by atoms with Crippen LogP contribution in [0.5, 0.6) is 0 Å². The van der Waals surface area contributed by atoms with Crippen molar-refractivity contribution in [3.05, 3.63) is 34.6 Å². The van der Waals surface area contributed by atoms with Crippen molar-refractivity contribution in [2.24, 2.45) is 5.92 Å². The van der Waals surface area contributed by atoms with E-state index in [4.69, 9.17) is 16.3 Å². The molecule has 0 spiro atoms. The summed E-state index contributed by atoms with van der Waals surface area (Å²) in [6.45, 7) is 2.32. The molecule has 0 aliphatic carbocycles. The fourth-order valence-corrected chi connectivity index (χ4v) is 1.65. The molecule has 1 aromatic carbocycles. The minimum atomic E-state index is -0.615. The zero-order chi connectivity index (χ0) is 12.1. The Hall–Kier alpha value is -0.640. The molecule has 90 valence electrons. The molecule has 0 aliphatic rings. The van der Waals surface area contributed by atoms with Crippen LogP contribution in [0.3, 0.4) is 0 Å². The first-order valence-corrected chi connectivity index (χ1v) is 5.53. The van der Waals surface area contributed by atoms with E-state index in [1.807, 2.05) is 6.92 Å². The molecular formula is C12H16ClFO2. The Morgan fingerprint density at radius 3 is 2.75 bits per heavy atom. The number of hydrogen-bond donors (Lipinski definition) is 1. The summed E-state index contributed by atoms with van der Waals surface area (Å²) in [4.78, 5) is 0. The summed E-state index contributed by atoms with van der Waals surface area (Å²) in [6.07, 6.45) is -0.344. The maximum Gasteiger partial charge on any atom is 0.127 e. The van der Waals surface area contributed by atoms with Gasteiger partial charge in [0.1, 0.15) is 5.82 Å². The van der Waals surface area contributed by atoms with Crippen LogP contribution >= 0.6 is 11.6 Å². The molecule has 0 aromatic heterocycles. The zero-order valence-electron chi connectivity index (χ0n) is 9.41. The van der Waals surface area contributed by atoms with Crippen molar-refractivity contribution < 1.29 is 14.2 Å². The lowest BCUT2D eigenvalue weighted by Crippen LogP contribution is -2.24. The third-order valence-electron chi connectivity index (χ3n) is 2.53. The van der Waals surface area contributed by atoms with Crippen LogP contribution in [0.2, 0.25) is 5.02 Å². The maximum atomic E-state index is 13.4. The van der Waals surface area contributed by atoms with Crippen LogP contribution < -0.4 is 0 Å². The van der Waals surface area contributed by atoms with Gasteiger partial charge >= 0.3 is 0 Å². The molecule has 2 nitrogen and oxygen atoms in total. The quantitative estimate of drug-likeness (QED) is 0.866. The van der Waals surface area contributed by atoms with Gasteiger partial charge in [-0.2, -0.15) is 0 Å². The SMILES string of the molecule is COCC(C)C(O)Cc1ccc(Cl)cc1F. The number of hydrogen-bond acceptors (Lipinski definition) is 2. The predicted octanol–water partition coefficient (Wildman–Crippen LogP) is 2.67. The Kier molecular flexibility index (Phi) is 5.19. The van der Waals surface area contributed by atoms with Gasteiger partial charge in [-0.3, -0.25) is 0 Å². The smallest absolute Gasteiger partial charge is 0.127 e. The molecule has 0 aliphatic heterocycles. The number of rotatable bonds is 5. The molecule has 0 fully saturated rings. The van der Waals surface area contributed by atoms with Gasteiger partial charge in [-0.15, -0.1) is 0 Å².